The van der Waals surface area contributed by atoms with Gasteiger partial charge in [-0.2, -0.15) is 0 Å². The van der Waals surface area contributed by atoms with Crippen molar-refractivity contribution in [2.75, 3.05) is 6.61 Å². The topological polar surface area (TPSA) is 85.5 Å². The number of carbonyl (C=O) groups excluding carboxylic acids is 3. The van der Waals surface area contributed by atoms with Crippen LogP contribution in [0.25, 0.3) is 0 Å². The number of esters is 1. The summed E-state index contributed by atoms with van der Waals surface area (Å²) in [5.41, 5.74) is 1.81. The van der Waals surface area contributed by atoms with Gasteiger partial charge < -0.3 is 14.5 Å². The number of Topliss-reactive ketones (excluding diaryl/α,β-unsaturated/α-hetero) is 2. The number of nitrogens with one attached hydrogen (secondary N) is 1. The first-order chi connectivity index (χ1) is 12.2. The van der Waals surface area contributed by atoms with Gasteiger partial charge in [0, 0.05) is 17.3 Å². The molecule has 1 atom stereocenters. The number of aromatic amines is 1. The van der Waals surface area contributed by atoms with Crippen molar-refractivity contribution in [1.29, 1.82) is 0 Å². The molecule has 0 saturated carbocycles. The molecule has 0 aliphatic carbocycles. The monoisotopic (exact) mass is 361 g/mol. The minimum absolute atomic E-state index is 0.150. The van der Waals surface area contributed by atoms with Crippen molar-refractivity contribution in [3.05, 3.63) is 52.6 Å². The molecule has 0 aliphatic heterocycles. The Hall–Kier alpha value is -2.96. The third kappa shape index (κ3) is 4.36. The number of aromatic nitrogens is 1. The first-order valence-electron chi connectivity index (χ1n) is 8.02. The predicted octanol–water partition coefficient (Wildman–Crippen LogP) is 3.17. The van der Waals surface area contributed by atoms with Crippen molar-refractivity contribution in [1.82, 2.24) is 4.98 Å². The zero-order chi connectivity index (χ0) is 19.4. The van der Waals surface area contributed by atoms with Gasteiger partial charge in [-0.3, -0.25) is 9.59 Å². The number of benzene rings is 1. The highest BCUT2D eigenvalue weighted by molar-refractivity contribution is 6.05. The summed E-state index contributed by atoms with van der Waals surface area (Å²) in [6.07, 6.45) is -1.06. The maximum atomic E-state index is 13.1. The number of carbonyl (C=O) groups is 3. The van der Waals surface area contributed by atoms with E-state index in [0.29, 0.717) is 16.8 Å². The molecule has 1 N–H and O–H groups in total. The number of ketones is 2. The van der Waals surface area contributed by atoms with Crippen molar-refractivity contribution >= 4 is 17.5 Å². The number of hydrogen-bond acceptors (Lipinski definition) is 5. The molecule has 7 heteroatoms. The van der Waals surface area contributed by atoms with Crippen LogP contribution in [0.1, 0.15) is 46.0 Å². The average Bonchev–Trinajstić information content (AvgIpc) is 2.86. The lowest BCUT2D eigenvalue weighted by Crippen LogP contribution is -2.28. The fourth-order valence-corrected chi connectivity index (χ4v) is 2.71. The van der Waals surface area contributed by atoms with Crippen LogP contribution >= 0.6 is 0 Å². The first kappa shape index (κ1) is 19.4. The Morgan fingerprint density at radius 2 is 1.92 bits per heavy atom. The van der Waals surface area contributed by atoms with E-state index in [1.54, 1.807) is 13.8 Å². The predicted molar refractivity (Wildman–Crippen MR) is 92.1 cm³/mol. The molecule has 0 unspecified atom stereocenters. The van der Waals surface area contributed by atoms with Gasteiger partial charge in [0.15, 0.2) is 18.5 Å². The van der Waals surface area contributed by atoms with E-state index in [4.69, 9.17) is 9.47 Å². The van der Waals surface area contributed by atoms with Crippen LogP contribution in [0.3, 0.4) is 0 Å². The molecule has 0 aliphatic rings. The number of ether oxygens (including phenoxy) is 2. The lowest BCUT2D eigenvalue weighted by Gasteiger charge is -2.13. The number of H-pyrrole nitrogens is 1. The van der Waals surface area contributed by atoms with Crippen molar-refractivity contribution in [2.45, 2.75) is 33.8 Å². The second kappa shape index (κ2) is 7.95. The number of rotatable bonds is 7. The Balaban J connectivity index is 1.99. The summed E-state index contributed by atoms with van der Waals surface area (Å²) in [6.45, 7) is 5.76. The van der Waals surface area contributed by atoms with Gasteiger partial charge in [0.2, 0.25) is 5.78 Å². The zero-order valence-corrected chi connectivity index (χ0v) is 15.0. The van der Waals surface area contributed by atoms with Crippen LogP contribution < -0.4 is 4.74 Å². The second-order valence-corrected chi connectivity index (χ2v) is 5.92. The highest BCUT2D eigenvalue weighted by atomic mass is 19.1. The van der Waals surface area contributed by atoms with Crippen molar-refractivity contribution < 1.29 is 28.2 Å². The molecule has 1 aromatic heterocycles. The van der Waals surface area contributed by atoms with E-state index >= 15 is 0 Å². The summed E-state index contributed by atoms with van der Waals surface area (Å²) < 4.78 is 23.3. The summed E-state index contributed by atoms with van der Waals surface area (Å²) in [7, 11) is 0. The fourth-order valence-electron chi connectivity index (χ4n) is 2.71. The van der Waals surface area contributed by atoms with Gasteiger partial charge in [-0.25, -0.2) is 9.18 Å². The number of hydrogen-bond donors (Lipinski definition) is 1. The second-order valence-electron chi connectivity index (χ2n) is 5.92. The lowest BCUT2D eigenvalue weighted by molar-refractivity contribution is -0.148. The standard InChI is InChI=1S/C19H20FNO5/c1-10-17(12(3)22)11(2)21-18(10)19(24)13(4)26-16(23)9-25-15-7-5-6-14(20)8-15/h5-8,13,21H,9H2,1-4H3/t13-/m0/s1. The van der Waals surface area contributed by atoms with Gasteiger partial charge >= 0.3 is 5.97 Å². The van der Waals surface area contributed by atoms with Gasteiger partial charge in [0.05, 0.1) is 5.69 Å². The molecular formula is C19H20FNO5. The molecule has 0 radical (unpaired) electrons. The molecule has 0 saturated heterocycles. The van der Waals surface area contributed by atoms with Crippen molar-refractivity contribution in [3.8, 4) is 5.75 Å². The minimum atomic E-state index is -1.06. The van der Waals surface area contributed by atoms with Gasteiger partial charge in [-0.15, -0.1) is 0 Å². The minimum Gasteiger partial charge on any atom is -0.482 e. The van der Waals surface area contributed by atoms with Crippen LogP contribution in [-0.4, -0.2) is 35.2 Å². The third-order valence-electron chi connectivity index (χ3n) is 3.87. The Kier molecular flexibility index (Phi) is 5.92. The number of halogens is 1. The molecule has 6 nitrogen and oxygen atoms in total. The lowest BCUT2D eigenvalue weighted by atomic mass is 10.0. The molecule has 0 bridgehead atoms. The SMILES string of the molecule is CC(=O)c1c(C)[nH]c(C(=O)[C@H](C)OC(=O)COc2cccc(F)c2)c1C. The van der Waals surface area contributed by atoms with Crippen LogP contribution in [0.4, 0.5) is 4.39 Å². The summed E-state index contributed by atoms with van der Waals surface area (Å²) in [5.74, 6) is -1.66. The first-order valence-corrected chi connectivity index (χ1v) is 8.02. The molecule has 0 spiro atoms. The maximum Gasteiger partial charge on any atom is 0.344 e. The van der Waals surface area contributed by atoms with E-state index < -0.39 is 30.3 Å². The Morgan fingerprint density at radius 1 is 1.23 bits per heavy atom. The maximum absolute atomic E-state index is 13.1. The smallest absolute Gasteiger partial charge is 0.344 e. The van der Waals surface area contributed by atoms with E-state index in [1.165, 1.54) is 32.0 Å². The van der Waals surface area contributed by atoms with Crippen molar-refractivity contribution in [2.24, 2.45) is 0 Å². The molecule has 0 amide bonds. The highest BCUT2D eigenvalue weighted by Crippen LogP contribution is 2.20. The molecular weight excluding hydrogens is 341 g/mol. The van der Waals surface area contributed by atoms with E-state index in [1.807, 2.05) is 0 Å². The zero-order valence-electron chi connectivity index (χ0n) is 15.0. The highest BCUT2D eigenvalue weighted by Gasteiger charge is 2.26. The van der Waals surface area contributed by atoms with E-state index in [0.717, 1.165) is 6.07 Å². The molecule has 1 aromatic carbocycles. The largest absolute Gasteiger partial charge is 0.482 e. The molecule has 138 valence electrons. The van der Waals surface area contributed by atoms with E-state index in [2.05, 4.69) is 4.98 Å². The van der Waals surface area contributed by atoms with E-state index in [-0.39, 0.29) is 17.2 Å². The number of aryl methyl sites for hydroxylation is 1. The van der Waals surface area contributed by atoms with Crippen LogP contribution in [-0.2, 0) is 9.53 Å². The third-order valence-corrected chi connectivity index (χ3v) is 3.87. The van der Waals surface area contributed by atoms with E-state index in [9.17, 15) is 18.8 Å². The van der Waals surface area contributed by atoms with Crippen LogP contribution in [0.5, 0.6) is 5.75 Å². The molecule has 1 heterocycles. The Labute approximate surface area is 150 Å². The van der Waals surface area contributed by atoms with Crippen molar-refractivity contribution in [3.63, 3.8) is 0 Å². The molecule has 26 heavy (non-hydrogen) atoms. The molecule has 2 aromatic rings. The normalized spacial score (nSPS) is 11.7. The van der Waals surface area contributed by atoms with Gasteiger partial charge in [-0.1, -0.05) is 6.07 Å². The fraction of sp³-hybridized carbons (Fsp3) is 0.316. The van der Waals surface area contributed by atoms with Crippen LogP contribution in [0.15, 0.2) is 24.3 Å². The summed E-state index contributed by atoms with van der Waals surface area (Å²) in [4.78, 5) is 38.9. The van der Waals surface area contributed by atoms with Crippen LogP contribution in [0, 0.1) is 19.7 Å². The Bertz CT molecular complexity index is 856. The quantitative estimate of drug-likeness (QED) is 0.605. The summed E-state index contributed by atoms with van der Waals surface area (Å²) in [5, 5.41) is 0. The molecule has 2 rings (SSSR count). The molecule has 0 fully saturated rings. The van der Waals surface area contributed by atoms with Gasteiger partial charge in [0.1, 0.15) is 11.6 Å². The van der Waals surface area contributed by atoms with Gasteiger partial charge in [0.25, 0.3) is 0 Å². The summed E-state index contributed by atoms with van der Waals surface area (Å²) in [6, 6.07) is 5.34. The van der Waals surface area contributed by atoms with Gasteiger partial charge in [-0.05, 0) is 45.4 Å². The summed E-state index contributed by atoms with van der Waals surface area (Å²) >= 11 is 0. The Morgan fingerprint density at radius 3 is 2.50 bits per heavy atom. The average molecular weight is 361 g/mol. The van der Waals surface area contributed by atoms with Crippen LogP contribution in [0.2, 0.25) is 0 Å².